The third-order valence-electron chi connectivity index (χ3n) is 5.58. The summed E-state index contributed by atoms with van der Waals surface area (Å²) in [6.45, 7) is 5.50. The number of amides is 1. The second-order valence-corrected chi connectivity index (χ2v) is 7.46. The molecule has 1 aliphatic rings. The van der Waals surface area contributed by atoms with Gasteiger partial charge in [0.15, 0.2) is 0 Å². The highest BCUT2D eigenvalue weighted by atomic mass is 16.3. The van der Waals surface area contributed by atoms with Crippen LogP contribution in [0.2, 0.25) is 0 Å². The maximum atomic E-state index is 12.8. The highest BCUT2D eigenvalue weighted by molar-refractivity contribution is 5.95. The Morgan fingerprint density at radius 1 is 1.22 bits per heavy atom. The second kappa shape index (κ2) is 6.78. The zero-order valence-electron chi connectivity index (χ0n) is 15.7. The number of fused-ring (bicyclic) bond motifs is 1. The number of piperidine rings is 1. The number of carbonyl (C=O) groups is 1. The molecule has 6 heteroatoms. The van der Waals surface area contributed by atoms with E-state index in [9.17, 15) is 9.90 Å². The van der Waals surface area contributed by atoms with Crippen LogP contribution in [0.1, 0.15) is 34.6 Å². The first-order chi connectivity index (χ1) is 13.0. The van der Waals surface area contributed by atoms with Crippen molar-refractivity contribution in [2.75, 3.05) is 13.1 Å². The van der Waals surface area contributed by atoms with Crippen LogP contribution >= 0.6 is 0 Å². The molecule has 4 heterocycles. The number of aliphatic hydroxyl groups is 1. The summed E-state index contributed by atoms with van der Waals surface area (Å²) >= 11 is 0. The van der Waals surface area contributed by atoms with Crippen molar-refractivity contribution in [3.8, 4) is 0 Å². The first kappa shape index (κ1) is 17.7. The summed E-state index contributed by atoms with van der Waals surface area (Å²) in [6, 6.07) is 7.70. The van der Waals surface area contributed by atoms with Gasteiger partial charge in [-0.1, -0.05) is 0 Å². The standard InChI is InChI=1S/C21H24N4O2/c1-15-12-17-5-9-22-13-19(17)25(15)14-21(27)6-10-24(11-7-21)20(26)18-4-3-8-23-16(18)2/h3-5,8-9,12-13,27H,6-7,10-11,14H2,1-2H3. The minimum absolute atomic E-state index is 0.00514. The first-order valence-electron chi connectivity index (χ1n) is 9.30. The Bertz CT molecular complexity index is 987. The summed E-state index contributed by atoms with van der Waals surface area (Å²) < 4.78 is 2.13. The molecule has 0 aromatic carbocycles. The van der Waals surface area contributed by atoms with Gasteiger partial charge in [0.1, 0.15) is 0 Å². The average Bonchev–Trinajstić information content (AvgIpc) is 2.97. The summed E-state index contributed by atoms with van der Waals surface area (Å²) in [5, 5.41) is 12.3. The fourth-order valence-corrected chi connectivity index (χ4v) is 3.91. The van der Waals surface area contributed by atoms with Gasteiger partial charge in [-0.2, -0.15) is 0 Å². The first-order valence-corrected chi connectivity index (χ1v) is 9.30. The SMILES string of the molecule is Cc1ncccc1C(=O)N1CCC(O)(Cn2c(C)cc3ccncc32)CC1. The average molecular weight is 364 g/mol. The molecule has 1 saturated heterocycles. The van der Waals surface area contributed by atoms with Crippen molar-refractivity contribution >= 4 is 16.8 Å². The lowest BCUT2D eigenvalue weighted by atomic mass is 9.90. The molecule has 0 atom stereocenters. The van der Waals surface area contributed by atoms with Crippen molar-refractivity contribution < 1.29 is 9.90 Å². The zero-order valence-corrected chi connectivity index (χ0v) is 15.7. The molecule has 6 nitrogen and oxygen atoms in total. The summed E-state index contributed by atoms with van der Waals surface area (Å²) in [4.78, 5) is 23.0. The normalized spacial score (nSPS) is 16.6. The van der Waals surface area contributed by atoms with Crippen LogP contribution in [0, 0.1) is 13.8 Å². The Balaban J connectivity index is 1.49. The van der Waals surface area contributed by atoms with Crippen molar-refractivity contribution in [1.82, 2.24) is 19.4 Å². The lowest BCUT2D eigenvalue weighted by Gasteiger charge is -2.39. The van der Waals surface area contributed by atoms with Gasteiger partial charge in [-0.3, -0.25) is 14.8 Å². The Kier molecular flexibility index (Phi) is 4.44. The highest BCUT2D eigenvalue weighted by Gasteiger charge is 2.35. The molecular formula is C21H24N4O2. The predicted molar refractivity (Wildman–Crippen MR) is 104 cm³/mol. The van der Waals surface area contributed by atoms with Crippen LogP contribution in [-0.4, -0.2) is 49.1 Å². The van der Waals surface area contributed by atoms with E-state index in [0.717, 1.165) is 22.3 Å². The van der Waals surface area contributed by atoms with Gasteiger partial charge in [0.25, 0.3) is 5.91 Å². The molecule has 1 aliphatic heterocycles. The van der Waals surface area contributed by atoms with Crippen molar-refractivity contribution in [2.45, 2.75) is 38.8 Å². The van der Waals surface area contributed by atoms with Crippen LogP contribution in [0.25, 0.3) is 10.9 Å². The lowest BCUT2D eigenvalue weighted by molar-refractivity contribution is -0.0287. The van der Waals surface area contributed by atoms with Gasteiger partial charge >= 0.3 is 0 Å². The number of likely N-dealkylation sites (tertiary alicyclic amines) is 1. The number of nitrogens with zero attached hydrogens (tertiary/aromatic N) is 4. The van der Waals surface area contributed by atoms with Crippen LogP contribution in [0.3, 0.4) is 0 Å². The lowest BCUT2D eigenvalue weighted by Crippen LogP contribution is -2.48. The molecule has 1 amide bonds. The topological polar surface area (TPSA) is 71.2 Å². The molecule has 1 fully saturated rings. The summed E-state index contributed by atoms with van der Waals surface area (Å²) in [7, 11) is 0. The summed E-state index contributed by atoms with van der Waals surface area (Å²) in [5.74, 6) is -0.00514. The van der Waals surface area contributed by atoms with E-state index >= 15 is 0 Å². The van der Waals surface area contributed by atoms with Gasteiger partial charge in [-0.25, -0.2) is 0 Å². The quantitative estimate of drug-likeness (QED) is 0.776. The number of pyridine rings is 2. The number of aromatic nitrogens is 3. The Labute approximate surface area is 158 Å². The molecule has 3 aromatic rings. The van der Waals surface area contributed by atoms with E-state index in [4.69, 9.17) is 0 Å². The minimum Gasteiger partial charge on any atom is -0.388 e. The van der Waals surface area contributed by atoms with Crippen molar-refractivity contribution in [3.05, 3.63) is 59.8 Å². The predicted octanol–water partition coefficient (Wildman–Crippen LogP) is 2.72. The molecule has 140 valence electrons. The van der Waals surface area contributed by atoms with E-state index in [2.05, 4.69) is 20.6 Å². The van der Waals surface area contributed by atoms with Gasteiger partial charge in [0.05, 0.1) is 29.4 Å². The van der Waals surface area contributed by atoms with Crippen LogP contribution in [0.4, 0.5) is 0 Å². The largest absolute Gasteiger partial charge is 0.388 e. The van der Waals surface area contributed by atoms with Crippen LogP contribution < -0.4 is 0 Å². The second-order valence-electron chi connectivity index (χ2n) is 7.46. The Morgan fingerprint density at radius 3 is 2.74 bits per heavy atom. The van der Waals surface area contributed by atoms with Gasteiger partial charge in [-0.05, 0) is 51.0 Å². The number of rotatable bonds is 3. The van der Waals surface area contributed by atoms with Crippen LogP contribution in [0.5, 0.6) is 0 Å². The molecule has 0 aliphatic carbocycles. The van der Waals surface area contributed by atoms with E-state index in [0.29, 0.717) is 38.0 Å². The summed E-state index contributed by atoms with van der Waals surface area (Å²) in [5.41, 5.74) is 2.70. The molecule has 0 radical (unpaired) electrons. The van der Waals surface area contributed by atoms with Crippen molar-refractivity contribution in [2.24, 2.45) is 0 Å². The molecule has 0 bridgehead atoms. The Hall–Kier alpha value is -2.73. The zero-order chi connectivity index (χ0) is 19.0. The van der Waals surface area contributed by atoms with E-state index < -0.39 is 5.60 Å². The van der Waals surface area contributed by atoms with Gasteiger partial charge in [-0.15, -0.1) is 0 Å². The van der Waals surface area contributed by atoms with E-state index in [1.807, 2.05) is 37.1 Å². The maximum absolute atomic E-state index is 12.8. The van der Waals surface area contributed by atoms with E-state index in [-0.39, 0.29) is 5.91 Å². The molecule has 4 rings (SSSR count). The molecule has 0 spiro atoms. The Morgan fingerprint density at radius 2 is 2.00 bits per heavy atom. The van der Waals surface area contributed by atoms with Crippen LogP contribution in [-0.2, 0) is 6.54 Å². The number of hydrogen-bond acceptors (Lipinski definition) is 4. The van der Waals surface area contributed by atoms with E-state index in [1.165, 1.54) is 0 Å². The third kappa shape index (κ3) is 3.32. The molecule has 0 unspecified atom stereocenters. The molecule has 0 saturated carbocycles. The van der Waals surface area contributed by atoms with Crippen LogP contribution in [0.15, 0.2) is 42.9 Å². The molecule has 27 heavy (non-hydrogen) atoms. The fraction of sp³-hybridized carbons (Fsp3) is 0.381. The maximum Gasteiger partial charge on any atom is 0.255 e. The number of carbonyl (C=O) groups excluding carboxylic acids is 1. The molecular weight excluding hydrogens is 340 g/mol. The highest BCUT2D eigenvalue weighted by Crippen LogP contribution is 2.28. The van der Waals surface area contributed by atoms with Crippen molar-refractivity contribution in [3.63, 3.8) is 0 Å². The summed E-state index contributed by atoms with van der Waals surface area (Å²) in [6.07, 6.45) is 6.43. The third-order valence-corrected chi connectivity index (χ3v) is 5.58. The van der Waals surface area contributed by atoms with E-state index in [1.54, 1.807) is 18.5 Å². The molecule has 3 aromatic heterocycles. The minimum atomic E-state index is -0.826. The van der Waals surface area contributed by atoms with Gasteiger partial charge < -0.3 is 14.6 Å². The van der Waals surface area contributed by atoms with Gasteiger partial charge in [0.2, 0.25) is 0 Å². The van der Waals surface area contributed by atoms with Gasteiger partial charge in [0, 0.05) is 42.3 Å². The monoisotopic (exact) mass is 364 g/mol. The number of aryl methyl sites for hydroxylation is 2. The smallest absolute Gasteiger partial charge is 0.255 e. The van der Waals surface area contributed by atoms with Crippen molar-refractivity contribution in [1.29, 1.82) is 0 Å². The fourth-order valence-electron chi connectivity index (χ4n) is 3.91. The molecule has 1 N–H and O–H groups in total. The number of hydrogen-bond donors (Lipinski definition) is 1.